The first-order chi connectivity index (χ1) is 18.5. The van der Waals surface area contributed by atoms with Crippen molar-refractivity contribution in [1.29, 1.82) is 0 Å². The molecule has 39 heavy (non-hydrogen) atoms. The molecule has 3 aromatic carbocycles. The Bertz CT molecular complexity index is 1620. The van der Waals surface area contributed by atoms with Crippen LogP contribution in [0.1, 0.15) is 47.0 Å². The SMILES string of the molecule is COc1cc(N2C(=O)c3cccc([N+](=O)[O-])c3C2=O)c(Cl)cc1C(=O)OCC(=O)c1ccc(C)c([N+](=O)[O-])c1. The number of rotatable bonds is 8. The predicted octanol–water partition coefficient (Wildman–Crippen LogP) is 4.31. The Hall–Kier alpha value is -5.17. The second-order valence-electron chi connectivity index (χ2n) is 8.16. The Morgan fingerprint density at radius 1 is 0.974 bits per heavy atom. The summed E-state index contributed by atoms with van der Waals surface area (Å²) in [5.74, 6) is -3.78. The quantitative estimate of drug-likeness (QED) is 0.128. The fourth-order valence-corrected chi connectivity index (χ4v) is 4.20. The smallest absolute Gasteiger partial charge is 0.342 e. The highest BCUT2D eigenvalue weighted by Gasteiger charge is 2.43. The molecular formula is C25H16ClN3O10. The molecule has 13 nitrogen and oxygen atoms in total. The molecule has 0 spiro atoms. The topological polar surface area (TPSA) is 176 Å². The number of amides is 2. The number of carbonyl (C=O) groups excluding carboxylic acids is 4. The lowest BCUT2D eigenvalue weighted by Gasteiger charge is -2.18. The third-order valence-electron chi connectivity index (χ3n) is 5.88. The highest BCUT2D eigenvalue weighted by Crippen LogP contribution is 2.40. The molecular weight excluding hydrogens is 538 g/mol. The second kappa shape index (κ2) is 10.3. The summed E-state index contributed by atoms with van der Waals surface area (Å²) in [6.45, 7) is 0.749. The number of benzene rings is 3. The van der Waals surface area contributed by atoms with Crippen molar-refractivity contribution in [3.63, 3.8) is 0 Å². The minimum atomic E-state index is -1.05. The number of Topliss-reactive ketones (excluding diaryl/α,β-unsaturated/α-hetero) is 1. The van der Waals surface area contributed by atoms with Crippen LogP contribution in [0.4, 0.5) is 17.1 Å². The Morgan fingerprint density at radius 3 is 2.31 bits per heavy atom. The fourth-order valence-electron chi connectivity index (χ4n) is 3.95. The molecule has 1 heterocycles. The zero-order valence-electron chi connectivity index (χ0n) is 20.1. The maximum atomic E-state index is 13.0. The van der Waals surface area contributed by atoms with Crippen LogP contribution in [0.25, 0.3) is 0 Å². The standard InChI is InChI=1S/C25H16ClN3O10/c1-12-6-7-13(8-18(12)29(36)37)20(30)11-39-25(33)15-9-16(26)19(10-21(15)38-2)27-23(31)14-4-3-5-17(28(34)35)22(14)24(27)32/h3-10H,11H2,1-2H3. The van der Waals surface area contributed by atoms with Crippen LogP contribution in [0.3, 0.4) is 0 Å². The number of hydrogen-bond acceptors (Lipinski definition) is 10. The lowest BCUT2D eigenvalue weighted by Crippen LogP contribution is -2.30. The van der Waals surface area contributed by atoms with Gasteiger partial charge in [-0.05, 0) is 19.1 Å². The lowest BCUT2D eigenvalue weighted by atomic mass is 10.1. The molecule has 0 atom stereocenters. The zero-order valence-corrected chi connectivity index (χ0v) is 20.9. The first-order valence-corrected chi connectivity index (χ1v) is 11.3. The van der Waals surface area contributed by atoms with E-state index in [1.165, 1.54) is 38.3 Å². The molecule has 2 amide bonds. The molecule has 14 heteroatoms. The molecule has 3 aromatic rings. The number of methoxy groups -OCH3 is 1. The van der Waals surface area contributed by atoms with E-state index >= 15 is 0 Å². The van der Waals surface area contributed by atoms with Crippen LogP contribution in [-0.4, -0.2) is 47.1 Å². The number of imide groups is 1. The average molecular weight is 554 g/mol. The summed E-state index contributed by atoms with van der Waals surface area (Å²) in [7, 11) is 1.19. The van der Waals surface area contributed by atoms with Gasteiger partial charge in [-0.25, -0.2) is 9.69 Å². The third kappa shape index (κ3) is 4.78. The fraction of sp³-hybridized carbons (Fsp3) is 0.120. The largest absolute Gasteiger partial charge is 0.496 e. The van der Waals surface area contributed by atoms with Gasteiger partial charge in [-0.3, -0.25) is 34.6 Å². The van der Waals surface area contributed by atoms with Gasteiger partial charge >= 0.3 is 5.97 Å². The summed E-state index contributed by atoms with van der Waals surface area (Å²) in [5, 5.41) is 22.2. The van der Waals surface area contributed by atoms with E-state index in [1.807, 2.05) is 0 Å². The minimum Gasteiger partial charge on any atom is -0.496 e. The number of hydrogen-bond donors (Lipinski definition) is 0. The number of carbonyl (C=O) groups is 4. The van der Waals surface area contributed by atoms with Gasteiger partial charge in [-0.2, -0.15) is 0 Å². The van der Waals surface area contributed by atoms with Gasteiger partial charge in [0.15, 0.2) is 6.61 Å². The van der Waals surface area contributed by atoms with Crippen LogP contribution in [0, 0.1) is 27.2 Å². The maximum Gasteiger partial charge on any atom is 0.342 e. The van der Waals surface area contributed by atoms with Crippen LogP contribution in [0.15, 0.2) is 48.5 Å². The highest BCUT2D eigenvalue weighted by molar-refractivity contribution is 6.40. The van der Waals surface area contributed by atoms with Crippen molar-refractivity contribution >= 4 is 52.2 Å². The first kappa shape index (κ1) is 26.9. The normalized spacial score (nSPS) is 12.2. The van der Waals surface area contributed by atoms with Crippen LogP contribution in [0.2, 0.25) is 5.02 Å². The number of aryl methyl sites for hydroxylation is 1. The highest BCUT2D eigenvalue weighted by atomic mass is 35.5. The number of nitro groups is 2. The lowest BCUT2D eigenvalue weighted by molar-refractivity contribution is -0.385. The van der Waals surface area contributed by atoms with Crippen molar-refractivity contribution in [2.75, 3.05) is 18.6 Å². The van der Waals surface area contributed by atoms with Gasteiger partial charge in [0, 0.05) is 29.3 Å². The summed E-state index contributed by atoms with van der Waals surface area (Å²) in [4.78, 5) is 73.0. The Morgan fingerprint density at radius 2 is 1.67 bits per heavy atom. The number of esters is 1. The van der Waals surface area contributed by atoms with E-state index in [9.17, 15) is 39.4 Å². The van der Waals surface area contributed by atoms with Crippen LogP contribution in [0.5, 0.6) is 5.75 Å². The number of ketones is 1. The van der Waals surface area contributed by atoms with Crippen molar-refractivity contribution in [3.05, 3.63) is 102 Å². The van der Waals surface area contributed by atoms with E-state index in [2.05, 4.69) is 0 Å². The van der Waals surface area contributed by atoms with Gasteiger partial charge in [-0.15, -0.1) is 0 Å². The number of nitro benzene ring substituents is 2. The number of anilines is 1. The molecule has 0 radical (unpaired) electrons. The molecule has 0 aromatic heterocycles. The van der Waals surface area contributed by atoms with Crippen LogP contribution in [-0.2, 0) is 4.74 Å². The molecule has 4 rings (SSSR count). The maximum absolute atomic E-state index is 13.0. The summed E-state index contributed by atoms with van der Waals surface area (Å²) in [6, 6.07) is 9.60. The molecule has 198 valence electrons. The van der Waals surface area contributed by atoms with Gasteiger partial charge in [-0.1, -0.05) is 29.8 Å². The first-order valence-electron chi connectivity index (χ1n) is 10.9. The van der Waals surface area contributed by atoms with Crippen molar-refractivity contribution in [1.82, 2.24) is 0 Å². The molecule has 1 aliphatic rings. The number of halogens is 1. The van der Waals surface area contributed by atoms with E-state index in [1.54, 1.807) is 0 Å². The number of nitrogens with zero attached hydrogens (tertiary/aromatic N) is 3. The monoisotopic (exact) mass is 553 g/mol. The van der Waals surface area contributed by atoms with E-state index in [0.29, 0.717) is 10.5 Å². The summed E-state index contributed by atoms with van der Waals surface area (Å²) >= 11 is 6.30. The predicted molar refractivity (Wildman–Crippen MR) is 135 cm³/mol. The average Bonchev–Trinajstić information content (AvgIpc) is 3.16. The van der Waals surface area contributed by atoms with Crippen molar-refractivity contribution in [2.45, 2.75) is 6.92 Å². The number of ether oxygens (including phenoxy) is 2. The molecule has 0 aliphatic carbocycles. The molecule has 0 unspecified atom stereocenters. The Labute approximate surface area is 223 Å². The van der Waals surface area contributed by atoms with E-state index in [0.717, 1.165) is 24.3 Å². The molecule has 0 saturated heterocycles. The summed E-state index contributed by atoms with van der Waals surface area (Å²) < 4.78 is 10.3. The van der Waals surface area contributed by atoms with Gasteiger partial charge < -0.3 is 9.47 Å². The van der Waals surface area contributed by atoms with Gasteiger partial charge in [0.2, 0.25) is 5.78 Å². The number of fused-ring (bicyclic) bond motifs is 1. The molecule has 0 fully saturated rings. The van der Waals surface area contributed by atoms with Crippen molar-refractivity contribution in [3.8, 4) is 5.75 Å². The molecule has 1 aliphatic heterocycles. The minimum absolute atomic E-state index is 0.0415. The van der Waals surface area contributed by atoms with E-state index in [4.69, 9.17) is 21.1 Å². The second-order valence-corrected chi connectivity index (χ2v) is 8.57. The van der Waals surface area contributed by atoms with Crippen LogP contribution < -0.4 is 9.64 Å². The summed E-state index contributed by atoms with van der Waals surface area (Å²) in [5.41, 5.74) is -1.57. The van der Waals surface area contributed by atoms with E-state index in [-0.39, 0.29) is 38.8 Å². The summed E-state index contributed by atoms with van der Waals surface area (Å²) in [6.07, 6.45) is 0. The zero-order chi connectivity index (χ0) is 28.6. The Balaban J connectivity index is 1.59. The van der Waals surface area contributed by atoms with Gasteiger partial charge in [0.05, 0.1) is 33.2 Å². The third-order valence-corrected chi connectivity index (χ3v) is 6.18. The van der Waals surface area contributed by atoms with Crippen molar-refractivity contribution < 1.29 is 38.5 Å². The van der Waals surface area contributed by atoms with Gasteiger partial charge in [0.25, 0.3) is 23.2 Å². The molecule has 0 saturated carbocycles. The molecule has 0 bridgehead atoms. The van der Waals surface area contributed by atoms with Gasteiger partial charge in [0.1, 0.15) is 16.9 Å². The van der Waals surface area contributed by atoms with Crippen molar-refractivity contribution in [2.24, 2.45) is 0 Å². The molecule has 0 N–H and O–H groups in total. The van der Waals surface area contributed by atoms with Crippen LogP contribution >= 0.6 is 11.6 Å². The van der Waals surface area contributed by atoms with E-state index < -0.39 is 51.3 Å². The Kier molecular flexibility index (Phi) is 7.10.